The molecule has 0 amide bonds. The number of ether oxygens (including phenoxy) is 2. The Bertz CT molecular complexity index is 1090. The van der Waals surface area contributed by atoms with E-state index in [2.05, 4.69) is 19.9 Å². The Labute approximate surface area is 159 Å². The molecule has 1 saturated heterocycles. The summed E-state index contributed by atoms with van der Waals surface area (Å²) in [6.07, 6.45) is 9.37. The van der Waals surface area contributed by atoms with E-state index >= 15 is 0 Å². The van der Waals surface area contributed by atoms with Gasteiger partial charge in [0.15, 0.2) is 12.1 Å². The van der Waals surface area contributed by atoms with Gasteiger partial charge in [0.25, 0.3) is 5.56 Å². The van der Waals surface area contributed by atoms with Gasteiger partial charge >= 0.3 is 0 Å². The molecule has 5 heterocycles. The Kier molecular flexibility index (Phi) is 5.27. The number of fused-ring (bicyclic) bond motifs is 2. The van der Waals surface area contributed by atoms with Gasteiger partial charge in [-0.2, -0.15) is 0 Å². The Hall–Kier alpha value is -3.30. The van der Waals surface area contributed by atoms with Crippen molar-refractivity contribution >= 4 is 28.7 Å². The highest BCUT2D eigenvalue weighted by atomic mass is 16.7. The Morgan fingerprint density at radius 2 is 1.82 bits per heavy atom. The molecule has 5 rings (SSSR count). The van der Waals surface area contributed by atoms with Crippen LogP contribution in [0.1, 0.15) is 5.56 Å². The lowest BCUT2D eigenvalue weighted by molar-refractivity contribution is -0.112. The van der Waals surface area contributed by atoms with Crippen LogP contribution in [0.2, 0.25) is 0 Å². The molecule has 0 saturated carbocycles. The number of hydrogen-bond acceptors (Lipinski definition) is 8. The molecule has 0 aliphatic carbocycles. The maximum Gasteiger partial charge on any atom is 0.269 e. The van der Waals surface area contributed by atoms with Gasteiger partial charge < -0.3 is 9.47 Å². The summed E-state index contributed by atoms with van der Waals surface area (Å²) in [5.41, 5.74) is 3.03. The zero-order chi connectivity index (χ0) is 19.3. The van der Waals surface area contributed by atoms with E-state index in [1.54, 1.807) is 41.5 Å². The van der Waals surface area contributed by atoms with Crippen molar-refractivity contribution in [2.45, 2.75) is 19.3 Å². The average molecular weight is 379 g/mol. The number of rotatable bonds is 2. The van der Waals surface area contributed by atoms with Crippen molar-refractivity contribution in [1.29, 1.82) is 0 Å². The molecule has 142 valence electrons. The second-order valence-electron chi connectivity index (χ2n) is 6.15. The van der Waals surface area contributed by atoms with E-state index in [-0.39, 0.29) is 17.6 Å². The lowest BCUT2D eigenvalue weighted by Crippen LogP contribution is -2.27. The third-order valence-corrected chi connectivity index (χ3v) is 4.26. The van der Waals surface area contributed by atoms with Crippen molar-refractivity contribution in [3.63, 3.8) is 0 Å². The number of aliphatic imine (C=N–C) groups is 1. The molecular formula is C19H17N5O4. The van der Waals surface area contributed by atoms with Crippen LogP contribution >= 0.6 is 0 Å². The molecule has 0 radical (unpaired) electrons. The largest absolute Gasteiger partial charge is 0.348 e. The van der Waals surface area contributed by atoms with E-state index in [9.17, 15) is 9.59 Å². The molecule has 0 aromatic carbocycles. The number of ketones is 1. The fourth-order valence-corrected chi connectivity index (χ4v) is 2.92. The summed E-state index contributed by atoms with van der Waals surface area (Å²) in [6, 6.07) is 3.57. The second-order valence-corrected chi connectivity index (χ2v) is 6.15. The molecule has 1 fully saturated rings. The van der Waals surface area contributed by atoms with Gasteiger partial charge in [0, 0.05) is 30.6 Å². The van der Waals surface area contributed by atoms with Crippen LogP contribution in [0.4, 0.5) is 5.69 Å². The molecule has 28 heavy (non-hydrogen) atoms. The van der Waals surface area contributed by atoms with Crippen LogP contribution in [0.3, 0.4) is 0 Å². The van der Waals surface area contributed by atoms with E-state index in [0.29, 0.717) is 31.7 Å². The highest BCUT2D eigenvalue weighted by molar-refractivity contribution is 6.29. The Morgan fingerprint density at radius 1 is 1.04 bits per heavy atom. The van der Waals surface area contributed by atoms with Gasteiger partial charge in [-0.1, -0.05) is 0 Å². The van der Waals surface area contributed by atoms with Crippen molar-refractivity contribution in [1.82, 2.24) is 19.5 Å². The molecule has 0 spiro atoms. The fraction of sp³-hybridized carbons (Fsp3) is 0.263. The van der Waals surface area contributed by atoms with Crippen LogP contribution in [-0.4, -0.2) is 51.0 Å². The SMILES string of the molecule is O=C1C=Nc2ccncc2C1.O=c1cnc2ccncc2n1CC1OCCO1. The van der Waals surface area contributed by atoms with Gasteiger partial charge in [-0.25, -0.2) is 4.98 Å². The molecule has 2 aliphatic heterocycles. The minimum absolute atomic E-state index is 0.0468. The van der Waals surface area contributed by atoms with Gasteiger partial charge in [0.1, 0.15) is 0 Å². The quantitative estimate of drug-likeness (QED) is 0.655. The number of aromatic nitrogens is 4. The standard InChI is InChI=1S/C11H11N3O3.C8H6N2O/c15-10-6-13-8-1-2-12-5-9(8)14(10)7-11-16-3-4-17-11;11-7-3-6-4-9-2-1-8(6)10-5-7/h1-2,5-6,11H,3-4,7H2;1-2,4-5H,3H2. The smallest absolute Gasteiger partial charge is 0.269 e. The first-order valence-electron chi connectivity index (χ1n) is 8.73. The zero-order valence-electron chi connectivity index (χ0n) is 14.9. The number of carbonyl (C=O) groups excluding carboxylic acids is 1. The summed E-state index contributed by atoms with van der Waals surface area (Å²) < 4.78 is 12.3. The summed E-state index contributed by atoms with van der Waals surface area (Å²) in [4.78, 5) is 38.6. The number of pyridine rings is 2. The monoisotopic (exact) mass is 379 g/mol. The first-order valence-corrected chi connectivity index (χ1v) is 8.73. The van der Waals surface area contributed by atoms with E-state index in [1.165, 1.54) is 12.4 Å². The van der Waals surface area contributed by atoms with Crippen LogP contribution in [0.15, 0.2) is 52.9 Å². The molecule has 0 atom stereocenters. The van der Waals surface area contributed by atoms with Gasteiger partial charge in [-0.05, 0) is 12.1 Å². The summed E-state index contributed by atoms with van der Waals surface area (Å²) in [7, 11) is 0. The zero-order valence-corrected chi connectivity index (χ0v) is 14.9. The van der Waals surface area contributed by atoms with Crippen LogP contribution in [0, 0.1) is 0 Å². The summed E-state index contributed by atoms with van der Waals surface area (Å²) >= 11 is 0. The van der Waals surface area contributed by atoms with Crippen LogP contribution < -0.4 is 5.56 Å². The van der Waals surface area contributed by atoms with Gasteiger partial charge in [-0.15, -0.1) is 0 Å². The number of carbonyl (C=O) groups is 1. The van der Waals surface area contributed by atoms with E-state index in [1.807, 2.05) is 0 Å². The minimum Gasteiger partial charge on any atom is -0.348 e. The van der Waals surface area contributed by atoms with E-state index < -0.39 is 0 Å². The van der Waals surface area contributed by atoms with E-state index in [4.69, 9.17) is 9.47 Å². The molecule has 2 aliphatic rings. The predicted molar refractivity (Wildman–Crippen MR) is 101 cm³/mol. The Morgan fingerprint density at radius 3 is 2.68 bits per heavy atom. The summed E-state index contributed by atoms with van der Waals surface area (Å²) in [5, 5.41) is 0. The van der Waals surface area contributed by atoms with Crippen LogP contribution in [-0.2, 0) is 27.2 Å². The van der Waals surface area contributed by atoms with Gasteiger partial charge in [0.05, 0.1) is 55.1 Å². The van der Waals surface area contributed by atoms with Gasteiger partial charge in [-0.3, -0.25) is 29.1 Å². The number of hydrogen-bond donors (Lipinski definition) is 0. The van der Waals surface area contributed by atoms with Crippen molar-refractivity contribution in [2.75, 3.05) is 13.2 Å². The molecule has 0 N–H and O–H groups in total. The molecule has 9 heteroatoms. The summed E-state index contributed by atoms with van der Waals surface area (Å²) in [6.45, 7) is 1.50. The highest BCUT2D eigenvalue weighted by Crippen LogP contribution is 2.20. The maximum absolute atomic E-state index is 11.8. The van der Waals surface area contributed by atoms with E-state index in [0.717, 1.165) is 16.8 Å². The molecule has 0 unspecified atom stereocenters. The highest BCUT2D eigenvalue weighted by Gasteiger charge is 2.18. The predicted octanol–water partition coefficient (Wildman–Crippen LogP) is 1.07. The molecular weight excluding hydrogens is 362 g/mol. The normalized spacial score (nSPS) is 15.9. The third kappa shape index (κ3) is 4.00. The topological polar surface area (TPSA) is 109 Å². The maximum atomic E-state index is 11.8. The number of nitrogens with zero attached hydrogens (tertiary/aromatic N) is 5. The van der Waals surface area contributed by atoms with Crippen LogP contribution in [0.5, 0.6) is 0 Å². The average Bonchev–Trinajstić information content (AvgIpc) is 3.24. The van der Waals surface area contributed by atoms with Crippen molar-refractivity contribution in [3.8, 4) is 0 Å². The van der Waals surface area contributed by atoms with Crippen molar-refractivity contribution < 1.29 is 14.3 Å². The number of Topliss-reactive ketones (excluding diaryl/α,β-unsaturated/α-hetero) is 1. The molecule has 9 nitrogen and oxygen atoms in total. The first kappa shape index (κ1) is 18.1. The molecule has 3 aromatic heterocycles. The van der Waals surface area contributed by atoms with Crippen molar-refractivity contribution in [3.05, 3.63) is 59.0 Å². The van der Waals surface area contributed by atoms with Gasteiger partial charge in [0.2, 0.25) is 0 Å². The Balaban J connectivity index is 0.000000151. The molecule has 3 aromatic rings. The van der Waals surface area contributed by atoms with Crippen LogP contribution in [0.25, 0.3) is 11.0 Å². The summed E-state index contributed by atoms with van der Waals surface area (Å²) in [5.74, 6) is 0.0468. The minimum atomic E-state index is -0.362. The second kappa shape index (κ2) is 8.15. The molecule has 0 bridgehead atoms. The van der Waals surface area contributed by atoms with Crippen molar-refractivity contribution in [2.24, 2.45) is 4.99 Å². The lowest BCUT2D eigenvalue weighted by Gasteiger charge is -2.12. The first-order chi connectivity index (χ1) is 13.7. The fourth-order valence-electron chi connectivity index (χ4n) is 2.92. The lowest BCUT2D eigenvalue weighted by atomic mass is 10.1. The third-order valence-electron chi connectivity index (χ3n) is 4.26.